The number of ether oxygens (including phenoxy) is 1. The number of piperidine rings is 1. The lowest BCUT2D eigenvalue weighted by atomic mass is 9.79. The molecule has 0 radical (unpaired) electrons. The number of fused-ring (bicyclic) bond motifs is 3. The van der Waals surface area contributed by atoms with Gasteiger partial charge in [0.2, 0.25) is 5.91 Å². The highest BCUT2D eigenvalue weighted by molar-refractivity contribution is 5.90. The van der Waals surface area contributed by atoms with E-state index in [9.17, 15) is 19.5 Å². The van der Waals surface area contributed by atoms with E-state index >= 15 is 0 Å². The van der Waals surface area contributed by atoms with Gasteiger partial charge < -0.3 is 20.1 Å². The van der Waals surface area contributed by atoms with E-state index in [1.165, 1.54) is 4.90 Å². The van der Waals surface area contributed by atoms with Crippen molar-refractivity contribution < 1.29 is 24.2 Å². The quantitative estimate of drug-likeness (QED) is 0.672. The Kier molecular flexibility index (Phi) is 6.26. The van der Waals surface area contributed by atoms with Crippen LogP contribution in [0.15, 0.2) is 48.5 Å². The van der Waals surface area contributed by atoms with E-state index in [0.29, 0.717) is 13.0 Å². The average Bonchev–Trinajstić information content (AvgIpc) is 3.14. The Hall–Kier alpha value is -3.35. The van der Waals surface area contributed by atoms with Gasteiger partial charge in [0.25, 0.3) is 0 Å². The minimum absolute atomic E-state index is 0.0179. The molecular formula is C27H30N2O5. The second-order valence-electron chi connectivity index (χ2n) is 9.52. The summed E-state index contributed by atoms with van der Waals surface area (Å²) in [4.78, 5) is 39.4. The third kappa shape index (κ3) is 4.15. The number of hydrogen-bond donors (Lipinski definition) is 2. The summed E-state index contributed by atoms with van der Waals surface area (Å²) in [5, 5.41) is 12.4. The van der Waals surface area contributed by atoms with Crippen LogP contribution in [0.2, 0.25) is 0 Å². The second kappa shape index (κ2) is 9.49. The standard InChI is InChI=1S/C27H30N2O5/c30-25(29-15-6-5-14-23(29)26(31)32)24(17-8-7-9-17)28-27(33)34-16-22-20-12-3-1-10-18(20)19-11-2-4-13-21(19)22/h1-4,10-13,17,22-24H,5-9,14-16H2,(H,28,33)(H,31,32)/t23-,24?/m1/s1. The van der Waals surface area contributed by atoms with E-state index in [-0.39, 0.29) is 24.3 Å². The lowest BCUT2D eigenvalue weighted by molar-refractivity contribution is -0.153. The van der Waals surface area contributed by atoms with Crippen LogP contribution in [0, 0.1) is 5.92 Å². The smallest absolute Gasteiger partial charge is 0.407 e. The molecule has 2 aromatic rings. The maximum absolute atomic E-state index is 13.4. The molecule has 0 spiro atoms. The number of nitrogens with zero attached hydrogens (tertiary/aromatic N) is 1. The Morgan fingerprint density at radius 1 is 0.941 bits per heavy atom. The molecule has 2 N–H and O–H groups in total. The Labute approximate surface area is 199 Å². The van der Waals surface area contributed by atoms with Crippen molar-refractivity contribution in [2.75, 3.05) is 13.2 Å². The lowest BCUT2D eigenvalue weighted by Crippen LogP contribution is -2.58. The van der Waals surface area contributed by atoms with Gasteiger partial charge in [-0.3, -0.25) is 4.79 Å². The highest BCUT2D eigenvalue weighted by atomic mass is 16.5. The molecule has 178 valence electrons. The number of alkyl carbamates (subject to hydrolysis) is 1. The zero-order valence-corrected chi connectivity index (χ0v) is 19.1. The molecule has 3 aliphatic rings. The topological polar surface area (TPSA) is 95.9 Å². The molecule has 7 heteroatoms. The van der Waals surface area contributed by atoms with Crippen LogP contribution in [-0.4, -0.2) is 53.2 Å². The predicted octanol–water partition coefficient (Wildman–Crippen LogP) is 4.16. The van der Waals surface area contributed by atoms with Gasteiger partial charge in [0.15, 0.2) is 0 Å². The van der Waals surface area contributed by atoms with Crippen molar-refractivity contribution >= 4 is 18.0 Å². The minimum atomic E-state index is -0.985. The third-order valence-corrected chi connectivity index (χ3v) is 7.58. The lowest BCUT2D eigenvalue weighted by Gasteiger charge is -2.39. The number of carboxylic acids is 1. The molecule has 1 heterocycles. The van der Waals surface area contributed by atoms with Crippen LogP contribution in [0.1, 0.15) is 55.6 Å². The van der Waals surface area contributed by atoms with Crippen molar-refractivity contribution in [3.63, 3.8) is 0 Å². The summed E-state index contributed by atoms with van der Waals surface area (Å²) in [6.07, 6.45) is 4.06. The number of aliphatic carboxylic acids is 1. The summed E-state index contributed by atoms with van der Waals surface area (Å²) >= 11 is 0. The molecule has 2 amide bonds. The van der Waals surface area contributed by atoms with Gasteiger partial charge in [-0.2, -0.15) is 0 Å². The van der Waals surface area contributed by atoms with Crippen LogP contribution in [0.5, 0.6) is 0 Å². The van der Waals surface area contributed by atoms with Crippen LogP contribution in [0.4, 0.5) is 4.79 Å². The Bertz CT molecular complexity index is 1050. The summed E-state index contributed by atoms with van der Waals surface area (Å²) in [5.74, 6) is -1.33. The normalized spacial score (nSPS) is 20.6. The minimum Gasteiger partial charge on any atom is -0.480 e. The van der Waals surface area contributed by atoms with Gasteiger partial charge in [0.05, 0.1) is 0 Å². The molecule has 1 unspecified atom stereocenters. The Morgan fingerprint density at radius 2 is 1.59 bits per heavy atom. The van der Waals surface area contributed by atoms with Crippen LogP contribution < -0.4 is 5.32 Å². The van der Waals surface area contributed by atoms with E-state index in [1.54, 1.807) is 0 Å². The molecule has 34 heavy (non-hydrogen) atoms. The summed E-state index contributed by atoms with van der Waals surface area (Å²) < 4.78 is 5.66. The number of hydrogen-bond acceptors (Lipinski definition) is 4. The molecule has 2 fully saturated rings. The second-order valence-corrected chi connectivity index (χ2v) is 9.52. The number of carboxylic acid groups (broad SMARTS) is 1. The SMILES string of the molecule is O=C(NC(C(=O)N1CCCC[C@@H]1C(=O)O)C1CCC1)OCC1c2ccccc2-c2ccccc21. The summed E-state index contributed by atoms with van der Waals surface area (Å²) in [6, 6.07) is 14.7. The molecule has 2 atom stereocenters. The van der Waals surface area contributed by atoms with Crippen molar-refractivity contribution in [2.45, 2.75) is 56.5 Å². The number of benzene rings is 2. The summed E-state index contributed by atoms with van der Waals surface area (Å²) in [6.45, 7) is 0.582. The number of carbonyl (C=O) groups excluding carboxylic acids is 2. The monoisotopic (exact) mass is 462 g/mol. The third-order valence-electron chi connectivity index (χ3n) is 7.58. The fraction of sp³-hybridized carbons (Fsp3) is 0.444. The molecule has 1 aliphatic heterocycles. The van der Waals surface area contributed by atoms with Crippen LogP contribution in [0.3, 0.4) is 0 Å². The van der Waals surface area contributed by atoms with E-state index < -0.39 is 24.1 Å². The van der Waals surface area contributed by atoms with Gasteiger partial charge in [0.1, 0.15) is 18.7 Å². The van der Waals surface area contributed by atoms with E-state index in [0.717, 1.165) is 54.4 Å². The Balaban J connectivity index is 1.28. The van der Waals surface area contributed by atoms with Gasteiger partial charge in [-0.15, -0.1) is 0 Å². The van der Waals surface area contributed by atoms with Crippen molar-refractivity contribution in [1.29, 1.82) is 0 Å². The molecule has 1 saturated heterocycles. The molecule has 2 aliphatic carbocycles. The Morgan fingerprint density at radius 3 is 2.18 bits per heavy atom. The average molecular weight is 463 g/mol. The van der Waals surface area contributed by atoms with Crippen molar-refractivity contribution in [3.05, 3.63) is 59.7 Å². The fourth-order valence-electron chi connectivity index (χ4n) is 5.55. The number of amides is 2. The highest BCUT2D eigenvalue weighted by Gasteiger charge is 2.41. The number of rotatable bonds is 6. The molecule has 0 aromatic heterocycles. The summed E-state index contributed by atoms with van der Waals surface area (Å²) in [5.41, 5.74) is 4.56. The van der Waals surface area contributed by atoms with Crippen molar-refractivity contribution in [2.24, 2.45) is 5.92 Å². The van der Waals surface area contributed by atoms with Crippen molar-refractivity contribution in [3.8, 4) is 11.1 Å². The molecule has 2 aromatic carbocycles. The number of carbonyl (C=O) groups is 3. The van der Waals surface area contributed by atoms with Crippen molar-refractivity contribution in [1.82, 2.24) is 10.2 Å². The molecule has 7 nitrogen and oxygen atoms in total. The predicted molar refractivity (Wildman–Crippen MR) is 126 cm³/mol. The number of nitrogens with one attached hydrogen (secondary N) is 1. The van der Waals surface area contributed by atoms with E-state index in [4.69, 9.17) is 4.74 Å². The first-order valence-corrected chi connectivity index (χ1v) is 12.2. The first-order valence-electron chi connectivity index (χ1n) is 12.2. The maximum Gasteiger partial charge on any atom is 0.407 e. The van der Waals surface area contributed by atoms with Gasteiger partial charge in [-0.25, -0.2) is 9.59 Å². The first kappa shape index (κ1) is 22.4. The van der Waals surface area contributed by atoms with E-state index in [1.807, 2.05) is 24.3 Å². The van der Waals surface area contributed by atoms with E-state index in [2.05, 4.69) is 29.6 Å². The maximum atomic E-state index is 13.4. The highest BCUT2D eigenvalue weighted by Crippen LogP contribution is 2.44. The number of likely N-dealkylation sites (tertiary alicyclic amines) is 1. The molecule has 1 saturated carbocycles. The zero-order valence-electron chi connectivity index (χ0n) is 19.1. The molecule has 0 bridgehead atoms. The largest absolute Gasteiger partial charge is 0.480 e. The molecular weight excluding hydrogens is 432 g/mol. The van der Waals surface area contributed by atoms with Crippen LogP contribution in [0.25, 0.3) is 11.1 Å². The van der Waals surface area contributed by atoms with Gasteiger partial charge in [0, 0.05) is 12.5 Å². The zero-order chi connectivity index (χ0) is 23.7. The van der Waals surface area contributed by atoms with Crippen LogP contribution in [-0.2, 0) is 14.3 Å². The van der Waals surface area contributed by atoms with Gasteiger partial charge >= 0.3 is 12.1 Å². The van der Waals surface area contributed by atoms with Crippen LogP contribution >= 0.6 is 0 Å². The molecule has 5 rings (SSSR count). The first-order chi connectivity index (χ1) is 16.5. The summed E-state index contributed by atoms with van der Waals surface area (Å²) in [7, 11) is 0. The fourth-order valence-corrected chi connectivity index (χ4v) is 5.55. The van der Waals surface area contributed by atoms with Gasteiger partial charge in [-0.1, -0.05) is 55.0 Å². The van der Waals surface area contributed by atoms with Gasteiger partial charge in [-0.05, 0) is 60.3 Å².